The van der Waals surface area contributed by atoms with Crippen molar-refractivity contribution < 1.29 is 24.2 Å². The third-order valence-electron chi connectivity index (χ3n) is 8.62. The van der Waals surface area contributed by atoms with Crippen LogP contribution in [0.2, 0.25) is 0 Å². The molecule has 196 valence electrons. The van der Waals surface area contributed by atoms with Crippen LogP contribution in [0.5, 0.6) is 0 Å². The van der Waals surface area contributed by atoms with Crippen LogP contribution in [0.15, 0.2) is 24.5 Å². The molecular weight excluding hydrogens is 446 g/mol. The van der Waals surface area contributed by atoms with Crippen molar-refractivity contribution in [3.05, 3.63) is 30.1 Å². The molecule has 0 aliphatic heterocycles. The summed E-state index contributed by atoms with van der Waals surface area (Å²) in [5, 5.41) is 14.9. The van der Waals surface area contributed by atoms with Gasteiger partial charge < -0.3 is 24.8 Å². The Morgan fingerprint density at radius 3 is 2.37 bits per heavy atom. The van der Waals surface area contributed by atoms with E-state index in [0.717, 1.165) is 25.7 Å². The molecule has 2 aliphatic rings. The second kappa shape index (κ2) is 12.3. The van der Waals surface area contributed by atoms with Gasteiger partial charge in [-0.1, -0.05) is 20.8 Å². The summed E-state index contributed by atoms with van der Waals surface area (Å²) in [7, 11) is 3.25. The number of nitrogens with zero attached hydrogens (tertiary/aromatic N) is 2. The number of hydrogen-bond donors (Lipinski definition) is 2. The third kappa shape index (κ3) is 6.22. The van der Waals surface area contributed by atoms with Gasteiger partial charge in [0.15, 0.2) is 0 Å². The van der Waals surface area contributed by atoms with Crippen LogP contribution < -0.4 is 5.32 Å². The van der Waals surface area contributed by atoms with Crippen molar-refractivity contribution in [3.8, 4) is 0 Å². The molecule has 35 heavy (non-hydrogen) atoms. The number of nitrogens with one attached hydrogen (secondary N) is 1. The maximum Gasteiger partial charge on any atom is 0.251 e. The number of carbonyl (C=O) groups is 2. The van der Waals surface area contributed by atoms with Crippen molar-refractivity contribution in [2.24, 2.45) is 29.1 Å². The first-order chi connectivity index (χ1) is 16.7. The minimum absolute atomic E-state index is 0.00177. The topological polar surface area (TPSA) is 101 Å². The Morgan fingerprint density at radius 1 is 1.17 bits per heavy atom. The molecule has 2 aliphatic carbocycles. The van der Waals surface area contributed by atoms with Gasteiger partial charge in [-0.05, 0) is 61.0 Å². The van der Waals surface area contributed by atoms with Crippen molar-refractivity contribution in [2.45, 2.75) is 58.6 Å². The van der Waals surface area contributed by atoms with Gasteiger partial charge in [0.25, 0.3) is 5.91 Å². The predicted octanol–water partition coefficient (Wildman–Crippen LogP) is 2.76. The lowest BCUT2D eigenvalue weighted by Gasteiger charge is -2.56. The number of carbonyl (C=O) groups excluding carboxylic acids is 2. The van der Waals surface area contributed by atoms with E-state index in [4.69, 9.17) is 9.47 Å². The zero-order valence-corrected chi connectivity index (χ0v) is 21.9. The highest BCUT2D eigenvalue weighted by Gasteiger charge is 2.54. The minimum atomic E-state index is -0.602. The first kappa shape index (κ1) is 27.6. The second-order valence-corrected chi connectivity index (χ2v) is 10.7. The van der Waals surface area contributed by atoms with E-state index < -0.39 is 6.10 Å². The summed E-state index contributed by atoms with van der Waals surface area (Å²) in [5.41, 5.74) is 0.593. The molecule has 8 nitrogen and oxygen atoms in total. The number of ether oxygens (including phenoxy) is 2. The summed E-state index contributed by atoms with van der Waals surface area (Å²) in [5.74, 6) is -0.382. The van der Waals surface area contributed by atoms with E-state index in [1.807, 2.05) is 6.92 Å². The van der Waals surface area contributed by atoms with Gasteiger partial charge >= 0.3 is 0 Å². The fourth-order valence-corrected chi connectivity index (χ4v) is 6.46. The Labute approximate surface area is 209 Å². The Bertz CT molecular complexity index is 829. The van der Waals surface area contributed by atoms with Crippen LogP contribution in [-0.2, 0) is 14.3 Å². The van der Waals surface area contributed by atoms with Gasteiger partial charge in [0, 0.05) is 57.2 Å². The predicted molar refractivity (Wildman–Crippen MR) is 134 cm³/mol. The van der Waals surface area contributed by atoms with Gasteiger partial charge in [0.05, 0.1) is 19.3 Å². The molecule has 2 amide bonds. The average molecular weight is 490 g/mol. The fraction of sp³-hybridized carbons (Fsp3) is 0.741. The summed E-state index contributed by atoms with van der Waals surface area (Å²) < 4.78 is 10.4. The van der Waals surface area contributed by atoms with Crippen LogP contribution in [0, 0.1) is 29.1 Å². The highest BCUT2D eigenvalue weighted by molar-refractivity contribution is 5.94. The maximum atomic E-state index is 13.4. The van der Waals surface area contributed by atoms with Gasteiger partial charge in [-0.3, -0.25) is 14.6 Å². The van der Waals surface area contributed by atoms with E-state index in [9.17, 15) is 14.7 Å². The van der Waals surface area contributed by atoms with E-state index in [1.165, 1.54) is 0 Å². The zero-order valence-electron chi connectivity index (χ0n) is 21.9. The Balaban J connectivity index is 1.72. The molecule has 1 aromatic heterocycles. The van der Waals surface area contributed by atoms with Crippen molar-refractivity contribution >= 4 is 11.8 Å². The Morgan fingerprint density at radius 2 is 1.77 bits per heavy atom. The summed E-state index contributed by atoms with van der Waals surface area (Å²) in [4.78, 5) is 32.0. The van der Waals surface area contributed by atoms with E-state index in [-0.39, 0.29) is 46.9 Å². The largest absolute Gasteiger partial charge is 0.392 e. The number of amides is 2. The number of hydrogen-bond acceptors (Lipinski definition) is 6. The summed E-state index contributed by atoms with van der Waals surface area (Å²) in [6.45, 7) is 8.30. The van der Waals surface area contributed by atoms with E-state index in [2.05, 4.69) is 24.1 Å². The molecule has 1 heterocycles. The van der Waals surface area contributed by atoms with Crippen molar-refractivity contribution in [3.63, 3.8) is 0 Å². The monoisotopic (exact) mass is 489 g/mol. The first-order valence-electron chi connectivity index (χ1n) is 12.9. The SMILES string of the molecule is COCCN(CCOC)C(=O)[C@@H](C)[C@@H]1CC[C@]2(C)CC[C@H](NC(=O)c3ccncc3)[C@H](C)[C@@H]2[C@H]1O. The summed E-state index contributed by atoms with van der Waals surface area (Å²) in [6.07, 6.45) is 6.27. The summed E-state index contributed by atoms with van der Waals surface area (Å²) >= 11 is 0. The molecule has 1 aromatic rings. The van der Waals surface area contributed by atoms with Gasteiger partial charge in [0.1, 0.15) is 0 Å². The standard InChI is InChI=1S/C27H43N3O5/c1-18(26(33)30(14-16-34-4)15-17-35-5)21-6-10-27(3)11-7-22(19(2)23(27)24(21)31)29-25(32)20-8-12-28-13-9-20/h8-9,12-13,18-19,21-24,31H,6-7,10-11,14-17H2,1-5H3,(H,29,32)/t18-,19-,21-,22-,23+,24-,27+/m0/s1. The lowest BCUT2D eigenvalue weighted by atomic mass is 9.51. The lowest BCUT2D eigenvalue weighted by Crippen LogP contribution is -2.58. The van der Waals surface area contributed by atoms with E-state index in [1.54, 1.807) is 43.6 Å². The quantitative estimate of drug-likeness (QED) is 0.524. The number of aliphatic hydroxyl groups excluding tert-OH is 1. The van der Waals surface area contributed by atoms with Gasteiger partial charge in [0.2, 0.25) is 5.91 Å². The number of fused-ring (bicyclic) bond motifs is 1. The van der Waals surface area contributed by atoms with E-state index >= 15 is 0 Å². The molecule has 0 spiro atoms. The summed E-state index contributed by atoms with van der Waals surface area (Å²) in [6, 6.07) is 3.41. The highest BCUT2D eigenvalue weighted by atomic mass is 16.5. The van der Waals surface area contributed by atoms with Crippen LogP contribution >= 0.6 is 0 Å². The molecule has 0 unspecified atom stereocenters. The molecule has 0 aromatic carbocycles. The number of rotatable bonds is 10. The molecule has 0 saturated heterocycles. The smallest absolute Gasteiger partial charge is 0.251 e. The van der Waals surface area contributed by atoms with Gasteiger partial charge in [-0.15, -0.1) is 0 Å². The zero-order chi connectivity index (χ0) is 25.6. The van der Waals surface area contributed by atoms with Crippen LogP contribution in [-0.4, -0.2) is 79.5 Å². The molecular formula is C27H43N3O5. The number of aliphatic hydroxyl groups is 1. The van der Waals surface area contributed by atoms with Crippen molar-refractivity contribution in [1.82, 2.24) is 15.2 Å². The molecule has 8 heteroatoms. The van der Waals surface area contributed by atoms with Gasteiger partial charge in [-0.25, -0.2) is 0 Å². The van der Waals surface area contributed by atoms with Crippen molar-refractivity contribution in [2.75, 3.05) is 40.5 Å². The Hall–Kier alpha value is -2.03. The second-order valence-electron chi connectivity index (χ2n) is 10.7. The molecule has 3 rings (SSSR count). The van der Waals surface area contributed by atoms with Crippen LogP contribution in [0.4, 0.5) is 0 Å². The normalized spacial score (nSPS) is 31.3. The number of aromatic nitrogens is 1. The fourth-order valence-electron chi connectivity index (χ4n) is 6.46. The van der Waals surface area contributed by atoms with Crippen LogP contribution in [0.25, 0.3) is 0 Å². The molecule has 2 fully saturated rings. The van der Waals surface area contributed by atoms with Crippen LogP contribution in [0.3, 0.4) is 0 Å². The minimum Gasteiger partial charge on any atom is -0.392 e. The average Bonchev–Trinajstić information content (AvgIpc) is 2.85. The van der Waals surface area contributed by atoms with Crippen LogP contribution in [0.1, 0.15) is 56.8 Å². The first-order valence-corrected chi connectivity index (χ1v) is 12.9. The van der Waals surface area contributed by atoms with Crippen molar-refractivity contribution in [1.29, 1.82) is 0 Å². The number of methoxy groups -OCH3 is 2. The molecule has 2 saturated carbocycles. The lowest BCUT2D eigenvalue weighted by molar-refractivity contribution is -0.151. The highest BCUT2D eigenvalue weighted by Crippen LogP contribution is 2.55. The van der Waals surface area contributed by atoms with Gasteiger partial charge in [-0.2, -0.15) is 0 Å². The van der Waals surface area contributed by atoms with E-state index in [0.29, 0.717) is 31.9 Å². The molecule has 7 atom stereocenters. The molecule has 2 N–H and O–H groups in total. The number of pyridine rings is 1. The molecule has 0 bridgehead atoms. The Kier molecular flexibility index (Phi) is 9.67. The maximum absolute atomic E-state index is 13.4. The third-order valence-corrected chi connectivity index (χ3v) is 8.62. The molecule has 0 radical (unpaired) electrons.